The fourth-order valence-corrected chi connectivity index (χ4v) is 5.66. The second-order valence-electron chi connectivity index (χ2n) is 19.2. The van der Waals surface area contributed by atoms with Crippen molar-refractivity contribution in [1.29, 1.82) is 0 Å². The second-order valence-corrected chi connectivity index (χ2v) is 19.2. The standard InChI is InChI=1S/4C7H8.4C6H7N.4C5H6N2.C4H5N3/c4*1-7-5-3-2-4-6-7;2*1-6-2-4-7-5-3-6;1-6-3-2-4-7-5-6;1-6-4-2-3-5-7-6;1-5-2-6-4-7-3-5;1-5-2-3-6-4-7-5;2*1-5-6-3-2-4-7-5;1-4-6-2-5-3-7-4/h4*2-6H,1H3;4*2-5H,1H3;4*2-4H,1H3;2-3H,1H3. The van der Waals surface area contributed by atoms with Gasteiger partial charge in [0.25, 0.3) is 0 Å². The summed E-state index contributed by atoms with van der Waals surface area (Å²) in [5.41, 5.74) is 12.2. The van der Waals surface area contributed by atoms with Gasteiger partial charge in [-0.05, 0) is 173 Å². The van der Waals surface area contributed by atoms with Crippen molar-refractivity contribution in [2.24, 2.45) is 0 Å². The van der Waals surface area contributed by atoms with Crippen molar-refractivity contribution in [3.63, 3.8) is 0 Å². The molecule has 15 nitrogen and oxygen atoms in total. The van der Waals surface area contributed by atoms with Crippen LogP contribution in [0.5, 0.6) is 0 Å². The molecule has 91 heavy (non-hydrogen) atoms. The first-order chi connectivity index (χ1) is 44.1. The van der Waals surface area contributed by atoms with Crippen LogP contribution in [0.25, 0.3) is 0 Å². The summed E-state index contributed by atoms with van der Waals surface area (Å²) >= 11 is 0. The minimum atomic E-state index is 0.759. The molecule has 0 atom stereocenters. The Hall–Kier alpha value is -11.2. The summed E-state index contributed by atoms with van der Waals surface area (Å²) in [4.78, 5) is 57.3. The number of benzene rings is 4. The smallest absolute Gasteiger partial charge is 0.128 e. The van der Waals surface area contributed by atoms with E-state index in [-0.39, 0.29) is 0 Å². The molecule has 0 bridgehead atoms. The van der Waals surface area contributed by atoms with Crippen molar-refractivity contribution in [2.75, 3.05) is 0 Å². The van der Waals surface area contributed by atoms with E-state index in [1.165, 1.54) is 64.3 Å². The average molecular weight is 1210 g/mol. The summed E-state index contributed by atoms with van der Waals surface area (Å²) in [7, 11) is 0. The third-order valence-corrected chi connectivity index (χ3v) is 10.5. The molecule has 0 spiro atoms. The predicted octanol–water partition coefficient (Wildman–Crippen LogP) is 16.9. The molecule has 0 saturated heterocycles. The van der Waals surface area contributed by atoms with Gasteiger partial charge in [0.15, 0.2) is 0 Å². The van der Waals surface area contributed by atoms with E-state index in [2.05, 4.69) is 151 Å². The van der Waals surface area contributed by atoms with Crippen LogP contribution in [0.2, 0.25) is 0 Å². The molecule has 4 aromatic carbocycles. The normalized spacial score (nSPS) is 8.71. The van der Waals surface area contributed by atoms with Crippen molar-refractivity contribution in [2.45, 2.75) is 90.0 Å². The van der Waals surface area contributed by atoms with E-state index in [1.54, 1.807) is 92.7 Å². The molecule has 0 unspecified atom stereocenters. The molecule has 9 heterocycles. The highest BCUT2D eigenvalue weighted by Crippen LogP contribution is 1.96. The number of pyridine rings is 4. The van der Waals surface area contributed by atoms with Crippen molar-refractivity contribution in [3.05, 3.63) is 380 Å². The van der Waals surface area contributed by atoms with Gasteiger partial charge in [0.2, 0.25) is 0 Å². The fourth-order valence-electron chi connectivity index (χ4n) is 5.66. The van der Waals surface area contributed by atoms with Crippen molar-refractivity contribution < 1.29 is 0 Å². The highest BCUT2D eigenvalue weighted by molar-refractivity contribution is 5.14. The maximum Gasteiger partial charge on any atom is 0.128 e. The van der Waals surface area contributed by atoms with E-state index in [0.29, 0.717) is 0 Å². The summed E-state index contributed by atoms with van der Waals surface area (Å²) in [6, 6.07) is 64.2. The highest BCUT2D eigenvalue weighted by atomic mass is 15.0. The number of hydrogen-bond donors (Lipinski definition) is 0. The van der Waals surface area contributed by atoms with E-state index in [0.717, 1.165) is 34.4 Å². The molecule has 0 saturated carbocycles. The molecule has 468 valence electrons. The van der Waals surface area contributed by atoms with Gasteiger partial charge in [0, 0.05) is 98.1 Å². The van der Waals surface area contributed by atoms with Crippen LogP contribution in [0.4, 0.5) is 0 Å². The summed E-state index contributed by atoms with van der Waals surface area (Å²) in [5.74, 6) is 2.40. The van der Waals surface area contributed by atoms with Gasteiger partial charge in [-0.3, -0.25) is 19.9 Å². The number of aromatic nitrogens is 15. The zero-order chi connectivity index (χ0) is 66.5. The third-order valence-electron chi connectivity index (χ3n) is 10.5. The molecule has 13 rings (SSSR count). The van der Waals surface area contributed by atoms with Gasteiger partial charge in [0.05, 0.1) is 0 Å². The van der Waals surface area contributed by atoms with Crippen LogP contribution < -0.4 is 0 Å². The number of rotatable bonds is 0. The maximum absolute atomic E-state index is 3.98. The lowest BCUT2D eigenvalue weighted by molar-refractivity contribution is 0.974. The topological polar surface area (TPSA) is 193 Å². The number of aryl methyl sites for hydroxylation is 13. The second kappa shape index (κ2) is 55.4. The molecule has 13 aromatic rings. The Kier molecular flexibility index (Phi) is 47.4. The van der Waals surface area contributed by atoms with Gasteiger partial charge in [-0.25, -0.2) is 54.8 Å². The Bertz CT molecular complexity index is 2650. The van der Waals surface area contributed by atoms with Crippen LogP contribution in [0.3, 0.4) is 0 Å². The van der Waals surface area contributed by atoms with E-state index < -0.39 is 0 Å². The summed E-state index contributed by atoms with van der Waals surface area (Å²) in [6.07, 6.45) is 30.7. The van der Waals surface area contributed by atoms with E-state index in [1.807, 2.05) is 202 Å². The lowest BCUT2D eigenvalue weighted by Crippen LogP contribution is -1.84. The first-order valence-electron chi connectivity index (χ1n) is 29.2. The Balaban J connectivity index is 0.000000493. The van der Waals surface area contributed by atoms with Crippen LogP contribution in [0.15, 0.2) is 306 Å². The van der Waals surface area contributed by atoms with Crippen LogP contribution in [-0.2, 0) is 0 Å². The van der Waals surface area contributed by atoms with Gasteiger partial charge < -0.3 is 0 Å². The average Bonchev–Trinajstić information content (AvgIpc) is 3.57. The monoisotopic (exact) mass is 1210 g/mol. The Labute approximate surface area is 541 Å². The molecule has 9 aromatic heterocycles. The Morgan fingerprint density at radius 1 is 0.165 bits per heavy atom. The highest BCUT2D eigenvalue weighted by Gasteiger charge is 1.81. The van der Waals surface area contributed by atoms with Crippen LogP contribution >= 0.6 is 0 Å². The summed E-state index contributed by atoms with van der Waals surface area (Å²) in [6.45, 7) is 25.8. The maximum atomic E-state index is 3.98. The first kappa shape index (κ1) is 77.8. The number of nitrogens with zero attached hydrogens (tertiary/aromatic N) is 15. The molecule has 0 N–H and O–H groups in total. The van der Waals surface area contributed by atoms with Crippen molar-refractivity contribution >= 4 is 0 Å². The Morgan fingerprint density at radius 3 is 0.659 bits per heavy atom. The molecular formula is C76H89N15. The zero-order valence-electron chi connectivity index (χ0n) is 55.1. The molecule has 0 aliphatic rings. The largest absolute Gasteiger partial charge is 0.265 e. The summed E-state index contributed by atoms with van der Waals surface area (Å²) < 4.78 is 0. The summed E-state index contributed by atoms with van der Waals surface area (Å²) in [5, 5.41) is 0. The Morgan fingerprint density at radius 2 is 0.484 bits per heavy atom. The molecule has 0 fully saturated rings. The van der Waals surface area contributed by atoms with Crippen molar-refractivity contribution in [3.8, 4) is 0 Å². The lowest BCUT2D eigenvalue weighted by atomic mass is 10.2. The van der Waals surface area contributed by atoms with Crippen LogP contribution in [0.1, 0.15) is 73.4 Å². The fraction of sp³-hybridized carbons (Fsp3) is 0.171. The van der Waals surface area contributed by atoms with Crippen LogP contribution in [-0.4, -0.2) is 74.8 Å². The molecular weight excluding hydrogens is 1120 g/mol. The SMILES string of the molecule is Cc1ccccc1.Cc1ccccc1.Cc1ccccc1.Cc1ccccc1.Cc1ccccn1.Cc1cccnc1.Cc1ccncc1.Cc1ccncc1.Cc1ccncn1.Cc1cncnc1.Cc1ncccn1.Cc1ncccn1.Cc1ncncn1. The molecule has 0 amide bonds. The molecule has 0 radical (unpaired) electrons. The van der Waals surface area contributed by atoms with Gasteiger partial charge in [-0.15, -0.1) is 0 Å². The zero-order valence-corrected chi connectivity index (χ0v) is 55.1. The first-order valence-corrected chi connectivity index (χ1v) is 29.2. The molecule has 15 heteroatoms. The number of hydrogen-bond acceptors (Lipinski definition) is 15. The van der Waals surface area contributed by atoms with Gasteiger partial charge in [-0.1, -0.05) is 156 Å². The van der Waals surface area contributed by atoms with Gasteiger partial charge in [0.1, 0.15) is 42.8 Å². The minimum Gasteiger partial charge on any atom is -0.265 e. The third kappa shape index (κ3) is 54.0. The lowest BCUT2D eigenvalue weighted by Gasteiger charge is -1.82. The molecule has 0 aliphatic heterocycles. The quantitative estimate of drug-likeness (QED) is 0.139. The van der Waals surface area contributed by atoms with Crippen molar-refractivity contribution in [1.82, 2.24) is 74.8 Å². The predicted molar refractivity (Wildman–Crippen MR) is 372 cm³/mol. The molecule has 0 aliphatic carbocycles. The van der Waals surface area contributed by atoms with Crippen LogP contribution in [0, 0.1) is 90.0 Å². The van der Waals surface area contributed by atoms with E-state index in [4.69, 9.17) is 0 Å². The van der Waals surface area contributed by atoms with E-state index >= 15 is 0 Å². The van der Waals surface area contributed by atoms with E-state index in [9.17, 15) is 0 Å². The van der Waals surface area contributed by atoms with Gasteiger partial charge in [-0.2, -0.15) is 0 Å². The van der Waals surface area contributed by atoms with Gasteiger partial charge >= 0.3 is 0 Å². The minimum absolute atomic E-state index is 0.759.